The van der Waals surface area contributed by atoms with Crippen LogP contribution in [0.1, 0.15) is 47.2 Å². The molecule has 0 radical (unpaired) electrons. The third kappa shape index (κ3) is 5.24. The van der Waals surface area contributed by atoms with E-state index in [1.54, 1.807) is 7.11 Å². The number of hydrogen-bond donors (Lipinski definition) is 1. The highest BCUT2D eigenvalue weighted by Crippen LogP contribution is 2.30. The van der Waals surface area contributed by atoms with Gasteiger partial charge in [-0.15, -0.1) is 0 Å². The molecule has 1 N–H and O–H groups in total. The summed E-state index contributed by atoms with van der Waals surface area (Å²) in [5.74, 6) is 0.773. The van der Waals surface area contributed by atoms with E-state index in [4.69, 9.17) is 4.74 Å². The number of aryl methyl sites for hydroxylation is 2. The Balaban J connectivity index is 1.28. The van der Waals surface area contributed by atoms with Gasteiger partial charge in [0.05, 0.1) is 18.2 Å². The maximum absolute atomic E-state index is 13.2. The number of fused-ring (bicyclic) bond motifs is 2. The van der Waals surface area contributed by atoms with Gasteiger partial charge in [-0.05, 0) is 56.5 Å². The second-order valence-electron chi connectivity index (χ2n) is 10.0. The molecule has 6 heteroatoms. The molecule has 1 atom stereocenters. The summed E-state index contributed by atoms with van der Waals surface area (Å²) in [4.78, 5) is 18.5. The quantitative estimate of drug-likeness (QED) is 0.524. The first-order valence-electron chi connectivity index (χ1n) is 13.1. The third-order valence-electron chi connectivity index (χ3n) is 7.82. The summed E-state index contributed by atoms with van der Waals surface area (Å²) in [6.07, 6.45) is 7.15. The number of ether oxygens (including phenoxy) is 1. The van der Waals surface area contributed by atoms with Crippen molar-refractivity contribution in [3.63, 3.8) is 0 Å². The smallest absolute Gasteiger partial charge is 0.253 e. The fourth-order valence-electron chi connectivity index (χ4n) is 5.82. The Morgan fingerprint density at radius 3 is 2.80 bits per heavy atom. The van der Waals surface area contributed by atoms with E-state index in [1.807, 2.05) is 36.5 Å². The maximum Gasteiger partial charge on any atom is 0.253 e. The average molecular weight is 475 g/mol. The molecule has 2 fully saturated rings. The molecule has 35 heavy (non-hydrogen) atoms. The number of rotatable bonds is 8. The van der Waals surface area contributed by atoms with Gasteiger partial charge >= 0.3 is 0 Å². The minimum Gasteiger partial charge on any atom is -0.495 e. The SMILES string of the molecule is COc1cccc2c(C(=O)NCc3ccccc3C)cn(CCCN3CCN4CCCCC4C3)c12. The number of benzene rings is 2. The van der Waals surface area contributed by atoms with E-state index in [0.717, 1.165) is 47.8 Å². The van der Waals surface area contributed by atoms with Gasteiger partial charge in [0.1, 0.15) is 5.75 Å². The van der Waals surface area contributed by atoms with Gasteiger partial charge in [-0.25, -0.2) is 0 Å². The van der Waals surface area contributed by atoms with Gasteiger partial charge in [0, 0.05) is 50.3 Å². The van der Waals surface area contributed by atoms with Crippen molar-refractivity contribution in [3.8, 4) is 5.75 Å². The van der Waals surface area contributed by atoms with Crippen molar-refractivity contribution in [1.29, 1.82) is 0 Å². The highest BCUT2D eigenvalue weighted by Gasteiger charge is 2.28. The molecule has 186 valence electrons. The molecule has 0 aliphatic carbocycles. The molecule has 5 rings (SSSR count). The first-order chi connectivity index (χ1) is 17.1. The second kappa shape index (κ2) is 10.8. The standard InChI is InChI=1S/C29H38N4O2/c1-22-9-3-4-10-23(22)19-30-29(34)26-21-33(28-25(26)12-7-13-27(28)35-2)16-8-14-31-17-18-32-15-6-5-11-24(32)20-31/h3-4,7,9-10,12-13,21,24H,5-6,8,11,14-20H2,1-2H3,(H,30,34). The van der Waals surface area contributed by atoms with Crippen LogP contribution in [-0.2, 0) is 13.1 Å². The molecule has 2 aromatic carbocycles. The van der Waals surface area contributed by atoms with Crippen LogP contribution in [0.3, 0.4) is 0 Å². The zero-order valence-electron chi connectivity index (χ0n) is 21.1. The van der Waals surface area contributed by atoms with E-state index < -0.39 is 0 Å². The van der Waals surface area contributed by atoms with Crippen molar-refractivity contribution < 1.29 is 9.53 Å². The monoisotopic (exact) mass is 474 g/mol. The lowest BCUT2D eigenvalue weighted by Gasteiger charge is -2.44. The normalized spacial score (nSPS) is 19.0. The molecule has 2 aliphatic heterocycles. The van der Waals surface area contributed by atoms with Crippen molar-refractivity contribution in [1.82, 2.24) is 19.7 Å². The molecule has 2 saturated heterocycles. The Morgan fingerprint density at radius 2 is 1.94 bits per heavy atom. The maximum atomic E-state index is 13.2. The Bertz CT molecular complexity index is 1170. The largest absolute Gasteiger partial charge is 0.495 e. The summed E-state index contributed by atoms with van der Waals surface area (Å²) in [5.41, 5.74) is 4.04. The molecule has 3 aromatic rings. The topological polar surface area (TPSA) is 49.7 Å². The lowest BCUT2D eigenvalue weighted by Crippen LogP contribution is -2.54. The van der Waals surface area contributed by atoms with E-state index in [2.05, 4.69) is 38.7 Å². The van der Waals surface area contributed by atoms with E-state index >= 15 is 0 Å². The van der Waals surface area contributed by atoms with Gasteiger partial charge in [0.2, 0.25) is 0 Å². The summed E-state index contributed by atoms with van der Waals surface area (Å²) in [6.45, 7) is 9.40. The van der Waals surface area contributed by atoms with Crippen molar-refractivity contribution in [2.24, 2.45) is 0 Å². The van der Waals surface area contributed by atoms with Gasteiger partial charge in [-0.2, -0.15) is 0 Å². The molecule has 6 nitrogen and oxygen atoms in total. The number of carbonyl (C=O) groups excluding carboxylic acids is 1. The van der Waals surface area contributed by atoms with E-state index in [0.29, 0.717) is 12.1 Å². The van der Waals surface area contributed by atoms with Crippen LogP contribution >= 0.6 is 0 Å². The summed E-state index contributed by atoms with van der Waals surface area (Å²) in [5, 5.41) is 4.07. The Hall–Kier alpha value is -2.83. The molecule has 0 saturated carbocycles. The number of piperazine rings is 1. The highest BCUT2D eigenvalue weighted by molar-refractivity contribution is 6.08. The number of hydrogen-bond acceptors (Lipinski definition) is 4. The summed E-state index contributed by atoms with van der Waals surface area (Å²) in [6, 6.07) is 14.9. The average Bonchev–Trinajstić information content (AvgIpc) is 3.27. The summed E-state index contributed by atoms with van der Waals surface area (Å²) < 4.78 is 7.91. The molecular weight excluding hydrogens is 436 g/mol. The van der Waals surface area contributed by atoms with Gasteiger partial charge in [-0.1, -0.05) is 42.8 Å². The van der Waals surface area contributed by atoms with Crippen molar-refractivity contribution in [2.45, 2.75) is 51.7 Å². The summed E-state index contributed by atoms with van der Waals surface area (Å²) >= 11 is 0. The number of carbonyl (C=O) groups is 1. The first kappa shape index (κ1) is 23.9. The van der Waals surface area contributed by atoms with Gasteiger partial charge in [0.15, 0.2) is 0 Å². The fraction of sp³-hybridized carbons (Fsp3) is 0.483. The Labute approximate surface area is 208 Å². The molecule has 0 bridgehead atoms. The zero-order valence-corrected chi connectivity index (χ0v) is 21.1. The first-order valence-corrected chi connectivity index (χ1v) is 13.1. The number of amides is 1. The minimum atomic E-state index is -0.0429. The van der Waals surface area contributed by atoms with Crippen molar-refractivity contribution in [2.75, 3.05) is 39.8 Å². The fourth-order valence-corrected chi connectivity index (χ4v) is 5.82. The minimum absolute atomic E-state index is 0.0429. The molecular formula is C29H38N4O2. The van der Waals surface area contributed by atoms with Crippen molar-refractivity contribution >= 4 is 16.8 Å². The number of nitrogens with zero attached hydrogens (tertiary/aromatic N) is 3. The molecule has 0 spiro atoms. The van der Waals surface area contributed by atoms with Crippen LogP contribution in [0.5, 0.6) is 5.75 Å². The van der Waals surface area contributed by atoms with Crippen LogP contribution in [0.2, 0.25) is 0 Å². The summed E-state index contributed by atoms with van der Waals surface area (Å²) in [7, 11) is 1.70. The third-order valence-corrected chi connectivity index (χ3v) is 7.82. The molecule has 1 amide bonds. The lowest BCUT2D eigenvalue weighted by molar-refractivity contribution is 0.0484. The lowest BCUT2D eigenvalue weighted by atomic mass is 9.99. The zero-order chi connectivity index (χ0) is 24.2. The van der Waals surface area contributed by atoms with E-state index in [9.17, 15) is 4.79 Å². The van der Waals surface area contributed by atoms with Crippen LogP contribution < -0.4 is 10.1 Å². The number of para-hydroxylation sites is 1. The second-order valence-corrected chi connectivity index (χ2v) is 10.0. The number of nitrogens with one attached hydrogen (secondary N) is 1. The molecule has 2 aliphatic rings. The van der Waals surface area contributed by atoms with E-state index in [1.165, 1.54) is 51.0 Å². The van der Waals surface area contributed by atoms with Crippen LogP contribution in [0.15, 0.2) is 48.7 Å². The molecule has 1 aromatic heterocycles. The van der Waals surface area contributed by atoms with E-state index in [-0.39, 0.29) is 5.91 Å². The van der Waals surface area contributed by atoms with Gasteiger partial charge < -0.3 is 19.5 Å². The predicted molar refractivity (Wildman–Crippen MR) is 141 cm³/mol. The van der Waals surface area contributed by atoms with Crippen LogP contribution in [0.4, 0.5) is 0 Å². The van der Waals surface area contributed by atoms with Crippen LogP contribution in [0.25, 0.3) is 10.9 Å². The van der Waals surface area contributed by atoms with Crippen LogP contribution in [0, 0.1) is 6.92 Å². The van der Waals surface area contributed by atoms with Gasteiger partial charge in [-0.3, -0.25) is 9.69 Å². The molecule has 3 heterocycles. The van der Waals surface area contributed by atoms with Gasteiger partial charge in [0.25, 0.3) is 5.91 Å². The van der Waals surface area contributed by atoms with Crippen molar-refractivity contribution in [3.05, 3.63) is 65.4 Å². The number of piperidine rings is 1. The van der Waals surface area contributed by atoms with Crippen LogP contribution in [-0.4, -0.2) is 66.1 Å². The number of methoxy groups -OCH3 is 1. The highest BCUT2D eigenvalue weighted by atomic mass is 16.5. The predicted octanol–water partition coefficient (Wildman–Crippen LogP) is 4.45. The molecule has 1 unspecified atom stereocenters. The Kier molecular flexibility index (Phi) is 7.40. The number of aromatic nitrogens is 1. The Morgan fingerprint density at radius 1 is 1.06 bits per heavy atom.